The number of carbonyl (C=O) groups excluding carboxylic acids is 1. The van der Waals surface area contributed by atoms with Crippen LogP contribution in [0.5, 0.6) is 0 Å². The van der Waals surface area contributed by atoms with Crippen LogP contribution in [0.2, 0.25) is 10.2 Å². The maximum atomic E-state index is 11.7. The van der Waals surface area contributed by atoms with Gasteiger partial charge in [-0.15, -0.1) is 0 Å². The third kappa shape index (κ3) is 3.35. The lowest BCUT2D eigenvalue weighted by Gasteiger charge is -2.08. The van der Waals surface area contributed by atoms with Crippen molar-refractivity contribution in [3.05, 3.63) is 52.8 Å². The van der Waals surface area contributed by atoms with Crippen LogP contribution in [-0.2, 0) is 0 Å². The van der Waals surface area contributed by atoms with Crippen molar-refractivity contribution in [2.45, 2.75) is 0 Å². The van der Waals surface area contributed by atoms with Gasteiger partial charge in [0.15, 0.2) is 5.15 Å². The first-order valence-electron chi connectivity index (χ1n) is 5.09. The van der Waals surface area contributed by atoms with Gasteiger partial charge in [0.2, 0.25) is 0 Å². The van der Waals surface area contributed by atoms with E-state index in [1.807, 2.05) is 0 Å². The Labute approximate surface area is 114 Å². The fraction of sp³-hybridized carbons (Fsp3) is 0. The third-order valence-electron chi connectivity index (χ3n) is 2.11. The van der Waals surface area contributed by atoms with Crippen molar-refractivity contribution in [2.75, 3.05) is 10.6 Å². The molecule has 0 aliphatic rings. The van der Waals surface area contributed by atoms with Gasteiger partial charge >= 0.3 is 6.03 Å². The maximum Gasteiger partial charge on any atom is 0.323 e. The summed E-state index contributed by atoms with van der Waals surface area (Å²) in [4.78, 5) is 15.5. The van der Waals surface area contributed by atoms with Crippen LogP contribution in [0, 0.1) is 0 Å². The molecule has 6 heteroatoms. The number of aromatic nitrogens is 1. The number of rotatable bonds is 2. The van der Waals surface area contributed by atoms with E-state index in [9.17, 15) is 4.79 Å². The van der Waals surface area contributed by atoms with Crippen molar-refractivity contribution in [2.24, 2.45) is 0 Å². The smallest absolute Gasteiger partial charge is 0.308 e. The van der Waals surface area contributed by atoms with Gasteiger partial charge in [0.25, 0.3) is 0 Å². The maximum absolute atomic E-state index is 11.7. The molecule has 0 radical (unpaired) electrons. The predicted molar refractivity (Wildman–Crippen MR) is 73.3 cm³/mol. The Kier molecular flexibility index (Phi) is 4.02. The second kappa shape index (κ2) is 5.71. The van der Waals surface area contributed by atoms with Gasteiger partial charge in [-0.3, -0.25) is 0 Å². The van der Waals surface area contributed by atoms with Gasteiger partial charge in [-0.2, -0.15) is 0 Å². The molecule has 4 nitrogen and oxygen atoms in total. The van der Waals surface area contributed by atoms with E-state index in [2.05, 4.69) is 15.6 Å². The minimum Gasteiger partial charge on any atom is -0.308 e. The Morgan fingerprint density at radius 2 is 1.78 bits per heavy atom. The van der Waals surface area contributed by atoms with E-state index in [0.29, 0.717) is 16.4 Å². The molecule has 0 unspecified atom stereocenters. The van der Waals surface area contributed by atoms with Gasteiger partial charge < -0.3 is 10.6 Å². The standard InChI is InChI=1S/C12H9Cl2N3O/c13-8-3-5-9(6-4-8)16-12(18)17-10-2-1-7-15-11(10)14/h1-7H,(H2,16,17,18). The average molecular weight is 282 g/mol. The molecule has 2 rings (SSSR count). The molecule has 0 atom stereocenters. The Morgan fingerprint density at radius 3 is 2.44 bits per heavy atom. The molecule has 1 heterocycles. The molecule has 0 bridgehead atoms. The highest BCUT2D eigenvalue weighted by Crippen LogP contribution is 2.18. The Balaban J connectivity index is 2.01. The summed E-state index contributed by atoms with van der Waals surface area (Å²) in [7, 11) is 0. The van der Waals surface area contributed by atoms with Gasteiger partial charge in [0, 0.05) is 16.9 Å². The number of amides is 2. The summed E-state index contributed by atoms with van der Waals surface area (Å²) >= 11 is 11.6. The van der Waals surface area contributed by atoms with Crippen molar-refractivity contribution >= 4 is 40.6 Å². The van der Waals surface area contributed by atoms with E-state index in [0.717, 1.165) is 0 Å². The number of halogens is 2. The number of benzene rings is 1. The van der Waals surface area contributed by atoms with Gasteiger partial charge in [-0.1, -0.05) is 23.2 Å². The normalized spacial score (nSPS) is 9.89. The molecule has 92 valence electrons. The summed E-state index contributed by atoms with van der Waals surface area (Å²) in [6, 6.07) is 9.73. The molecule has 1 aromatic carbocycles. The highest BCUT2D eigenvalue weighted by Gasteiger charge is 2.05. The van der Waals surface area contributed by atoms with Crippen LogP contribution in [-0.4, -0.2) is 11.0 Å². The van der Waals surface area contributed by atoms with E-state index in [4.69, 9.17) is 23.2 Å². The van der Waals surface area contributed by atoms with Crippen molar-refractivity contribution < 1.29 is 4.79 Å². The first kappa shape index (κ1) is 12.7. The molecule has 1 aromatic heterocycles. The predicted octanol–water partition coefficient (Wildman–Crippen LogP) is 4.03. The number of nitrogens with one attached hydrogen (secondary N) is 2. The second-order valence-corrected chi connectivity index (χ2v) is 4.22. The Bertz CT molecular complexity index is 558. The van der Waals surface area contributed by atoms with Gasteiger partial charge in [0.05, 0.1) is 5.69 Å². The lowest BCUT2D eigenvalue weighted by molar-refractivity contribution is 0.262. The zero-order chi connectivity index (χ0) is 13.0. The molecule has 0 spiro atoms. The van der Waals surface area contributed by atoms with E-state index < -0.39 is 6.03 Å². The van der Waals surface area contributed by atoms with Gasteiger partial charge in [-0.05, 0) is 36.4 Å². The number of anilines is 2. The zero-order valence-electron chi connectivity index (χ0n) is 9.15. The topological polar surface area (TPSA) is 54.0 Å². The van der Waals surface area contributed by atoms with Crippen LogP contribution in [0.25, 0.3) is 0 Å². The van der Waals surface area contributed by atoms with Crippen molar-refractivity contribution in [1.82, 2.24) is 4.98 Å². The molecule has 2 N–H and O–H groups in total. The van der Waals surface area contributed by atoms with Crippen molar-refractivity contribution in [3.8, 4) is 0 Å². The minimum atomic E-state index is -0.396. The quantitative estimate of drug-likeness (QED) is 0.817. The molecule has 18 heavy (non-hydrogen) atoms. The van der Waals surface area contributed by atoms with Crippen LogP contribution in [0.15, 0.2) is 42.6 Å². The molecule has 0 aliphatic heterocycles. The first-order valence-corrected chi connectivity index (χ1v) is 5.85. The van der Waals surface area contributed by atoms with Gasteiger partial charge in [-0.25, -0.2) is 9.78 Å². The van der Waals surface area contributed by atoms with E-state index in [1.54, 1.807) is 42.6 Å². The molecule has 0 fully saturated rings. The summed E-state index contributed by atoms with van der Waals surface area (Å²) in [5.41, 5.74) is 1.09. The SMILES string of the molecule is O=C(Nc1ccc(Cl)cc1)Nc1cccnc1Cl. The fourth-order valence-electron chi connectivity index (χ4n) is 1.30. The van der Waals surface area contributed by atoms with Gasteiger partial charge in [0.1, 0.15) is 0 Å². The third-order valence-corrected chi connectivity index (χ3v) is 2.66. The number of hydrogen-bond donors (Lipinski definition) is 2. The number of urea groups is 1. The zero-order valence-corrected chi connectivity index (χ0v) is 10.7. The molecule has 0 saturated heterocycles. The highest BCUT2D eigenvalue weighted by atomic mass is 35.5. The molecule has 2 amide bonds. The molecule has 0 aliphatic carbocycles. The molecular weight excluding hydrogens is 273 g/mol. The largest absolute Gasteiger partial charge is 0.323 e. The van der Waals surface area contributed by atoms with Crippen LogP contribution >= 0.6 is 23.2 Å². The lowest BCUT2D eigenvalue weighted by Crippen LogP contribution is -2.19. The van der Waals surface area contributed by atoms with E-state index in [-0.39, 0.29) is 5.15 Å². The number of pyridine rings is 1. The van der Waals surface area contributed by atoms with Crippen LogP contribution in [0.1, 0.15) is 0 Å². The molecule has 0 saturated carbocycles. The fourth-order valence-corrected chi connectivity index (χ4v) is 1.59. The summed E-state index contributed by atoms with van der Waals surface area (Å²) in [5, 5.41) is 6.09. The summed E-state index contributed by atoms with van der Waals surface area (Å²) in [6.45, 7) is 0. The number of carbonyl (C=O) groups is 1. The van der Waals surface area contributed by atoms with Crippen LogP contribution in [0.4, 0.5) is 16.2 Å². The minimum absolute atomic E-state index is 0.240. The summed E-state index contributed by atoms with van der Waals surface area (Å²) < 4.78 is 0. The van der Waals surface area contributed by atoms with E-state index >= 15 is 0 Å². The summed E-state index contributed by atoms with van der Waals surface area (Å²) in [6.07, 6.45) is 1.55. The van der Waals surface area contributed by atoms with Crippen LogP contribution < -0.4 is 10.6 Å². The Morgan fingerprint density at radius 1 is 1.06 bits per heavy atom. The van der Waals surface area contributed by atoms with Crippen molar-refractivity contribution in [1.29, 1.82) is 0 Å². The summed E-state index contributed by atoms with van der Waals surface area (Å²) in [5.74, 6) is 0. The van der Waals surface area contributed by atoms with Crippen molar-refractivity contribution in [3.63, 3.8) is 0 Å². The van der Waals surface area contributed by atoms with E-state index in [1.165, 1.54) is 0 Å². The Hall–Kier alpha value is -1.78. The molecule has 2 aromatic rings. The molecular formula is C12H9Cl2N3O. The number of hydrogen-bond acceptors (Lipinski definition) is 2. The number of nitrogens with zero attached hydrogens (tertiary/aromatic N) is 1. The van der Waals surface area contributed by atoms with Crippen LogP contribution in [0.3, 0.4) is 0 Å². The lowest BCUT2D eigenvalue weighted by atomic mass is 10.3. The highest BCUT2D eigenvalue weighted by molar-refractivity contribution is 6.32. The average Bonchev–Trinajstić information content (AvgIpc) is 2.35. The second-order valence-electron chi connectivity index (χ2n) is 3.43. The first-order chi connectivity index (χ1) is 8.65. The monoisotopic (exact) mass is 281 g/mol.